The summed E-state index contributed by atoms with van der Waals surface area (Å²) in [6.07, 6.45) is 13.1. The van der Waals surface area contributed by atoms with Gasteiger partial charge in [0.25, 0.3) is 0 Å². The van der Waals surface area contributed by atoms with Crippen LogP contribution in [0.15, 0.2) is 0 Å². The van der Waals surface area contributed by atoms with Gasteiger partial charge in [-0.25, -0.2) is 4.79 Å². The van der Waals surface area contributed by atoms with Crippen molar-refractivity contribution < 1.29 is 19.1 Å². The number of likely N-dealkylation sites (tertiary alicyclic amines) is 1. The van der Waals surface area contributed by atoms with Crippen LogP contribution in [-0.2, 0) is 14.3 Å². The van der Waals surface area contributed by atoms with E-state index in [1.54, 1.807) is 4.90 Å². The molecule has 0 N–H and O–H groups in total. The molecule has 2 unspecified atom stereocenters. The molecule has 4 rings (SSSR count). The second-order valence-corrected chi connectivity index (χ2v) is 10.9. The monoisotopic (exact) mass is 478 g/mol. The maximum Gasteiger partial charge on any atom is 0.411 e. The number of likely N-dealkylation sites (N-methyl/N-ethyl adjacent to an activating group) is 1. The van der Waals surface area contributed by atoms with Crippen molar-refractivity contribution in [3.63, 3.8) is 0 Å². The van der Waals surface area contributed by atoms with Crippen LogP contribution in [0.2, 0.25) is 0 Å². The normalized spacial score (nSPS) is 28.9. The van der Waals surface area contributed by atoms with Crippen molar-refractivity contribution in [1.82, 2.24) is 19.6 Å². The van der Waals surface area contributed by atoms with E-state index < -0.39 is 0 Å². The zero-order chi connectivity index (χ0) is 23.9. The van der Waals surface area contributed by atoms with Crippen molar-refractivity contribution in [3.8, 4) is 0 Å². The first-order valence-corrected chi connectivity index (χ1v) is 13.7. The molecule has 4 fully saturated rings. The summed E-state index contributed by atoms with van der Waals surface area (Å²) >= 11 is 0. The molecule has 3 saturated heterocycles. The van der Waals surface area contributed by atoms with Crippen molar-refractivity contribution in [1.29, 1.82) is 0 Å². The first-order valence-electron chi connectivity index (χ1n) is 13.7. The van der Waals surface area contributed by atoms with Crippen molar-refractivity contribution in [2.45, 2.75) is 88.9 Å². The first kappa shape index (κ1) is 25.7. The molecule has 4 aliphatic rings. The number of carbonyl (C=O) groups is 2. The Balaban J connectivity index is 1.27. The summed E-state index contributed by atoms with van der Waals surface area (Å²) in [5.41, 5.74) is 0. The topological polar surface area (TPSA) is 65.6 Å². The molecule has 0 aromatic rings. The molecule has 0 radical (unpaired) electrons. The Kier molecular flexibility index (Phi) is 9.48. The van der Waals surface area contributed by atoms with Crippen LogP contribution in [0, 0.1) is 5.92 Å². The molecule has 34 heavy (non-hydrogen) atoms. The molecule has 8 heteroatoms. The van der Waals surface area contributed by atoms with Crippen LogP contribution in [-0.4, -0.2) is 110 Å². The van der Waals surface area contributed by atoms with Gasteiger partial charge in [-0.05, 0) is 70.5 Å². The molecule has 1 saturated carbocycles. The fraction of sp³-hybridized carbons (Fsp3) is 0.923. The van der Waals surface area contributed by atoms with Gasteiger partial charge in [-0.15, -0.1) is 0 Å². The molecule has 8 nitrogen and oxygen atoms in total. The molecule has 0 spiro atoms. The van der Waals surface area contributed by atoms with Gasteiger partial charge in [-0.2, -0.15) is 0 Å². The second kappa shape index (κ2) is 12.5. The zero-order valence-corrected chi connectivity index (χ0v) is 21.5. The molecule has 0 aromatic heterocycles. The molecule has 2 atom stereocenters. The van der Waals surface area contributed by atoms with Gasteiger partial charge in [-0.3, -0.25) is 9.69 Å². The Bertz CT molecular complexity index is 663. The van der Waals surface area contributed by atoms with Crippen molar-refractivity contribution in [2.75, 3.05) is 60.0 Å². The van der Waals surface area contributed by atoms with E-state index in [-0.39, 0.29) is 18.3 Å². The average molecular weight is 479 g/mol. The number of amides is 1. The molecule has 1 amide bonds. The summed E-state index contributed by atoms with van der Waals surface area (Å²) in [5.74, 6) is 0.681. The highest BCUT2D eigenvalue weighted by Crippen LogP contribution is 2.30. The molecular formula is C26H46N4O4. The Hall–Kier alpha value is -1.38. The van der Waals surface area contributed by atoms with Crippen molar-refractivity contribution in [3.05, 3.63) is 0 Å². The molecule has 0 aromatic carbocycles. The number of esters is 1. The lowest BCUT2D eigenvalue weighted by atomic mass is 9.87. The molecule has 3 heterocycles. The van der Waals surface area contributed by atoms with Crippen LogP contribution in [0.4, 0.5) is 4.79 Å². The van der Waals surface area contributed by atoms with Crippen LogP contribution in [0.5, 0.6) is 0 Å². The minimum atomic E-state index is -0.209. The van der Waals surface area contributed by atoms with E-state index in [1.165, 1.54) is 71.6 Å². The van der Waals surface area contributed by atoms with Crippen LogP contribution >= 0.6 is 0 Å². The molecule has 3 aliphatic heterocycles. The summed E-state index contributed by atoms with van der Waals surface area (Å²) in [6.45, 7) is 6.97. The van der Waals surface area contributed by atoms with Gasteiger partial charge in [0.2, 0.25) is 0 Å². The first-order chi connectivity index (χ1) is 16.5. The largest absolute Gasteiger partial charge is 0.469 e. The summed E-state index contributed by atoms with van der Waals surface area (Å²) < 4.78 is 10.5. The Morgan fingerprint density at radius 2 is 1.76 bits per heavy atom. The maximum atomic E-state index is 12.0. The lowest BCUT2D eigenvalue weighted by molar-refractivity contribution is -0.140. The summed E-state index contributed by atoms with van der Waals surface area (Å²) in [5, 5.41) is 0. The highest BCUT2D eigenvalue weighted by molar-refractivity contribution is 5.69. The Morgan fingerprint density at radius 3 is 2.44 bits per heavy atom. The summed E-state index contributed by atoms with van der Waals surface area (Å²) in [4.78, 5) is 32.9. The smallest absolute Gasteiger partial charge is 0.411 e. The van der Waals surface area contributed by atoms with Gasteiger partial charge >= 0.3 is 12.1 Å². The van der Waals surface area contributed by atoms with Gasteiger partial charge in [-0.1, -0.05) is 19.3 Å². The third-order valence-electron chi connectivity index (χ3n) is 8.69. The predicted octanol–water partition coefficient (Wildman–Crippen LogP) is 3.16. The number of hydrogen-bond acceptors (Lipinski definition) is 7. The summed E-state index contributed by atoms with van der Waals surface area (Å²) in [7, 11) is 3.27. The van der Waals surface area contributed by atoms with E-state index in [1.807, 2.05) is 7.05 Å². The molecule has 1 aliphatic carbocycles. The Morgan fingerprint density at radius 1 is 1.00 bits per heavy atom. The SMILES string of the molecule is COC(=O)CCCN1CCN(C2CN(C)C(=O)O2)C(CCC2CCN(C3CCCCC3)CC2)C1. The second-order valence-electron chi connectivity index (χ2n) is 10.9. The standard InChI is InChI=1S/C26H46N4O4/c1-27-20-24(34-26(27)32)30-18-17-28(14-6-9-25(31)33-2)19-23(30)11-10-21-12-15-29(16-13-21)22-7-4-3-5-8-22/h21-24H,3-20H2,1-2H3. The van der Waals surface area contributed by atoms with Gasteiger partial charge in [0.1, 0.15) is 0 Å². The van der Waals surface area contributed by atoms with Gasteiger partial charge < -0.3 is 24.2 Å². The van der Waals surface area contributed by atoms with E-state index in [2.05, 4.69) is 14.7 Å². The summed E-state index contributed by atoms with van der Waals surface area (Å²) in [6, 6.07) is 1.24. The van der Waals surface area contributed by atoms with Crippen molar-refractivity contribution in [2.24, 2.45) is 5.92 Å². The fourth-order valence-corrected chi connectivity index (χ4v) is 6.53. The highest BCUT2D eigenvalue weighted by atomic mass is 16.6. The number of carbonyl (C=O) groups excluding carboxylic acids is 2. The number of rotatable bonds is 9. The number of cyclic esters (lactones) is 1. The van der Waals surface area contributed by atoms with Crippen LogP contribution in [0.1, 0.15) is 70.6 Å². The third kappa shape index (κ3) is 6.85. The number of piperidine rings is 1. The lowest BCUT2D eigenvalue weighted by Gasteiger charge is -2.44. The van der Waals surface area contributed by atoms with Crippen molar-refractivity contribution >= 4 is 12.1 Å². The number of methoxy groups -OCH3 is 1. The average Bonchev–Trinajstić information content (AvgIpc) is 3.21. The fourth-order valence-electron chi connectivity index (χ4n) is 6.53. The maximum absolute atomic E-state index is 12.0. The van der Waals surface area contributed by atoms with E-state index in [0.717, 1.165) is 51.0 Å². The van der Waals surface area contributed by atoms with E-state index in [4.69, 9.17) is 9.47 Å². The highest BCUT2D eigenvalue weighted by Gasteiger charge is 2.39. The van der Waals surface area contributed by atoms with Gasteiger partial charge in [0, 0.05) is 45.2 Å². The number of nitrogens with zero attached hydrogens (tertiary/aromatic N) is 4. The van der Waals surface area contributed by atoms with E-state index >= 15 is 0 Å². The number of piperazine rings is 1. The number of hydrogen-bond donors (Lipinski definition) is 0. The van der Waals surface area contributed by atoms with Crippen LogP contribution in [0.25, 0.3) is 0 Å². The van der Waals surface area contributed by atoms with Crippen LogP contribution in [0.3, 0.4) is 0 Å². The van der Waals surface area contributed by atoms with Crippen LogP contribution < -0.4 is 0 Å². The predicted molar refractivity (Wildman–Crippen MR) is 131 cm³/mol. The quantitative estimate of drug-likeness (QED) is 0.472. The third-order valence-corrected chi connectivity index (χ3v) is 8.69. The van der Waals surface area contributed by atoms with E-state index in [0.29, 0.717) is 19.0 Å². The molecule has 194 valence electrons. The molecular weight excluding hydrogens is 432 g/mol. The lowest BCUT2D eigenvalue weighted by Crippen LogP contribution is -2.57. The minimum absolute atomic E-state index is 0.129. The Labute approximate surface area is 205 Å². The van der Waals surface area contributed by atoms with Gasteiger partial charge in [0.15, 0.2) is 6.23 Å². The minimum Gasteiger partial charge on any atom is -0.469 e. The molecule has 0 bridgehead atoms. The van der Waals surface area contributed by atoms with Gasteiger partial charge in [0.05, 0.1) is 13.7 Å². The van der Waals surface area contributed by atoms with E-state index in [9.17, 15) is 9.59 Å². The number of ether oxygens (including phenoxy) is 2. The zero-order valence-electron chi connectivity index (χ0n) is 21.5.